The zero-order valence-corrected chi connectivity index (χ0v) is 29.3. The molecule has 0 bridgehead atoms. The first-order valence-corrected chi connectivity index (χ1v) is 17.7. The van der Waals surface area contributed by atoms with E-state index in [9.17, 15) is 19.2 Å². The number of hydrogen-bond donors (Lipinski definition) is 0. The van der Waals surface area contributed by atoms with Gasteiger partial charge in [-0.25, -0.2) is 0 Å². The summed E-state index contributed by atoms with van der Waals surface area (Å²) in [7, 11) is 0. The molecule has 6 heteroatoms. The number of rotatable bonds is 12. The number of nitrogens with zero attached hydrogens (tertiary/aromatic N) is 2. The SMILES string of the molecule is O=C(c1ccccc1)[C@H](c1ccccc1)N(C(=O)c1ccc(C(=O)N(c2ccccc2)[C@@H](C(=O)c2ccccc2)c2ccccc2)cc1)c1ccccc1. The second-order valence-corrected chi connectivity index (χ2v) is 12.7. The molecule has 0 aromatic heterocycles. The van der Waals surface area contributed by atoms with Gasteiger partial charge in [-0.1, -0.05) is 158 Å². The maximum atomic E-state index is 14.7. The largest absolute Gasteiger partial charge is 0.293 e. The van der Waals surface area contributed by atoms with Crippen molar-refractivity contribution in [3.8, 4) is 0 Å². The molecule has 0 saturated carbocycles. The molecule has 7 aromatic carbocycles. The van der Waals surface area contributed by atoms with Crippen LogP contribution in [0.2, 0.25) is 0 Å². The van der Waals surface area contributed by atoms with Crippen LogP contribution in [0.3, 0.4) is 0 Å². The van der Waals surface area contributed by atoms with Crippen molar-refractivity contribution in [2.24, 2.45) is 0 Å². The third-order valence-electron chi connectivity index (χ3n) is 9.25. The number of carbonyl (C=O) groups excluding carboxylic acids is 4. The van der Waals surface area contributed by atoms with E-state index in [2.05, 4.69) is 0 Å². The topological polar surface area (TPSA) is 74.8 Å². The number of ketones is 2. The second-order valence-electron chi connectivity index (χ2n) is 12.7. The summed E-state index contributed by atoms with van der Waals surface area (Å²) in [6.45, 7) is 0. The Hall–Kier alpha value is -7.18. The van der Waals surface area contributed by atoms with Gasteiger partial charge in [0.05, 0.1) is 0 Å². The molecule has 0 N–H and O–H groups in total. The zero-order chi connectivity index (χ0) is 37.3. The van der Waals surface area contributed by atoms with Crippen LogP contribution in [0.4, 0.5) is 11.4 Å². The monoisotopic (exact) mass is 704 g/mol. The third kappa shape index (κ3) is 7.54. The van der Waals surface area contributed by atoms with Gasteiger partial charge in [0.25, 0.3) is 11.8 Å². The van der Waals surface area contributed by atoms with Gasteiger partial charge >= 0.3 is 0 Å². The molecule has 2 atom stereocenters. The number of hydrogen-bond acceptors (Lipinski definition) is 4. The lowest BCUT2D eigenvalue weighted by Gasteiger charge is -2.32. The highest BCUT2D eigenvalue weighted by Crippen LogP contribution is 2.34. The van der Waals surface area contributed by atoms with Crippen LogP contribution in [-0.4, -0.2) is 23.4 Å². The van der Waals surface area contributed by atoms with E-state index < -0.39 is 23.9 Å². The van der Waals surface area contributed by atoms with Crippen molar-refractivity contribution in [3.05, 3.63) is 240 Å². The summed E-state index contributed by atoms with van der Waals surface area (Å²) in [6, 6.07) is 59.0. The summed E-state index contributed by atoms with van der Waals surface area (Å²) in [5.74, 6) is -1.31. The predicted molar refractivity (Wildman–Crippen MR) is 213 cm³/mol. The Bertz CT molecular complexity index is 2170. The molecular formula is C48H36N2O4. The first-order valence-electron chi connectivity index (χ1n) is 17.7. The first-order chi connectivity index (χ1) is 26.5. The Morgan fingerprint density at radius 2 is 0.556 bits per heavy atom. The van der Waals surface area contributed by atoms with Gasteiger partial charge < -0.3 is 0 Å². The van der Waals surface area contributed by atoms with Crippen molar-refractivity contribution >= 4 is 34.8 Å². The Kier molecular flexibility index (Phi) is 10.7. The molecule has 0 heterocycles. The molecule has 7 aromatic rings. The smallest absolute Gasteiger partial charge is 0.259 e. The van der Waals surface area contributed by atoms with Crippen LogP contribution in [0.25, 0.3) is 0 Å². The normalized spacial score (nSPS) is 11.9. The summed E-state index contributed by atoms with van der Waals surface area (Å²) >= 11 is 0. The van der Waals surface area contributed by atoms with Crippen LogP contribution in [0, 0.1) is 0 Å². The molecule has 0 unspecified atom stereocenters. The van der Waals surface area contributed by atoms with Crippen molar-refractivity contribution in [1.29, 1.82) is 0 Å². The van der Waals surface area contributed by atoms with Gasteiger partial charge in [0.15, 0.2) is 11.6 Å². The number of anilines is 2. The average Bonchev–Trinajstić information content (AvgIpc) is 3.25. The van der Waals surface area contributed by atoms with E-state index in [1.165, 1.54) is 9.80 Å². The van der Waals surface area contributed by atoms with E-state index in [1.54, 1.807) is 97.1 Å². The molecule has 0 aliphatic carbocycles. The zero-order valence-electron chi connectivity index (χ0n) is 29.3. The third-order valence-corrected chi connectivity index (χ3v) is 9.25. The fraction of sp³-hybridized carbons (Fsp3) is 0.0417. The summed E-state index contributed by atoms with van der Waals surface area (Å²) in [5, 5.41) is 0. The molecule has 7 rings (SSSR count). The van der Waals surface area contributed by atoms with Gasteiger partial charge in [-0.05, 0) is 59.7 Å². The number of benzene rings is 7. The van der Waals surface area contributed by atoms with Crippen LogP contribution in [-0.2, 0) is 0 Å². The molecule has 0 saturated heterocycles. The van der Waals surface area contributed by atoms with Crippen molar-refractivity contribution in [2.75, 3.05) is 9.80 Å². The van der Waals surface area contributed by atoms with Crippen LogP contribution in [0.5, 0.6) is 0 Å². The quantitative estimate of drug-likeness (QED) is 0.119. The van der Waals surface area contributed by atoms with E-state index in [1.807, 2.05) is 109 Å². The van der Waals surface area contributed by atoms with Gasteiger partial charge in [0.1, 0.15) is 12.1 Å². The van der Waals surface area contributed by atoms with E-state index in [0.717, 1.165) is 0 Å². The molecule has 0 aliphatic heterocycles. The number of Topliss-reactive ketones (excluding diaryl/α,β-unsaturated/α-hetero) is 2. The maximum Gasteiger partial charge on any atom is 0.259 e. The highest BCUT2D eigenvalue weighted by molar-refractivity contribution is 6.15. The molecule has 6 nitrogen and oxygen atoms in total. The average molecular weight is 705 g/mol. The Labute approximate surface area is 314 Å². The number of carbonyl (C=O) groups is 4. The fourth-order valence-electron chi connectivity index (χ4n) is 6.60. The standard InChI is InChI=1S/C48H36N2O4/c51-45(37-23-11-3-12-24-37)43(35-19-7-1-8-20-35)49(41-27-15-5-16-28-41)47(53)39-31-33-40(34-32-39)48(54)50(42-29-17-6-18-30-42)44(36-21-9-2-10-22-36)46(52)38-25-13-4-14-26-38/h1-34,43-44H/t43-,44+. The van der Waals surface area contributed by atoms with Gasteiger partial charge in [-0.3, -0.25) is 29.0 Å². The van der Waals surface area contributed by atoms with Crippen LogP contribution >= 0.6 is 0 Å². The summed E-state index contributed by atoms with van der Waals surface area (Å²) in [4.78, 5) is 61.1. The Morgan fingerprint density at radius 1 is 0.296 bits per heavy atom. The van der Waals surface area contributed by atoms with Crippen LogP contribution in [0.15, 0.2) is 206 Å². The molecule has 2 amide bonds. The molecule has 54 heavy (non-hydrogen) atoms. The Balaban J connectivity index is 1.29. The summed E-state index contributed by atoms with van der Waals surface area (Å²) in [6.07, 6.45) is 0. The van der Waals surface area contributed by atoms with Crippen molar-refractivity contribution in [1.82, 2.24) is 0 Å². The minimum atomic E-state index is -0.978. The first kappa shape index (κ1) is 35.2. The van der Waals surface area contributed by atoms with Crippen LogP contribution < -0.4 is 9.80 Å². The van der Waals surface area contributed by atoms with E-state index in [0.29, 0.717) is 33.6 Å². The molecule has 0 aliphatic rings. The molecule has 0 spiro atoms. The lowest BCUT2D eigenvalue weighted by atomic mass is 9.94. The molecule has 0 fully saturated rings. The van der Waals surface area contributed by atoms with Crippen molar-refractivity contribution in [3.63, 3.8) is 0 Å². The second kappa shape index (κ2) is 16.4. The van der Waals surface area contributed by atoms with E-state index in [4.69, 9.17) is 0 Å². The minimum Gasteiger partial charge on any atom is -0.293 e. The highest BCUT2D eigenvalue weighted by atomic mass is 16.2. The number of para-hydroxylation sites is 2. The summed E-state index contributed by atoms with van der Waals surface area (Å²) in [5.41, 5.74) is 3.90. The van der Waals surface area contributed by atoms with Gasteiger partial charge in [-0.15, -0.1) is 0 Å². The molecular weight excluding hydrogens is 669 g/mol. The number of amides is 2. The summed E-state index contributed by atoms with van der Waals surface area (Å²) < 4.78 is 0. The fourth-order valence-corrected chi connectivity index (χ4v) is 6.60. The van der Waals surface area contributed by atoms with E-state index in [-0.39, 0.29) is 22.7 Å². The lowest BCUT2D eigenvalue weighted by molar-refractivity contribution is 0.0894. The van der Waals surface area contributed by atoms with Crippen LogP contribution in [0.1, 0.15) is 64.6 Å². The van der Waals surface area contributed by atoms with Crippen molar-refractivity contribution < 1.29 is 19.2 Å². The van der Waals surface area contributed by atoms with Gasteiger partial charge in [-0.2, -0.15) is 0 Å². The van der Waals surface area contributed by atoms with Gasteiger partial charge in [0.2, 0.25) is 0 Å². The van der Waals surface area contributed by atoms with Crippen molar-refractivity contribution in [2.45, 2.75) is 12.1 Å². The predicted octanol–water partition coefficient (Wildman–Crippen LogP) is 10.2. The molecule has 0 radical (unpaired) electrons. The maximum absolute atomic E-state index is 14.7. The highest BCUT2D eigenvalue weighted by Gasteiger charge is 2.36. The molecule has 262 valence electrons. The van der Waals surface area contributed by atoms with Gasteiger partial charge in [0, 0.05) is 33.6 Å². The lowest BCUT2D eigenvalue weighted by Crippen LogP contribution is -2.40. The van der Waals surface area contributed by atoms with E-state index >= 15 is 0 Å². The minimum absolute atomic E-state index is 0.237. The Morgan fingerprint density at radius 3 is 0.852 bits per heavy atom.